The van der Waals surface area contributed by atoms with E-state index in [1.807, 2.05) is 30.3 Å². The van der Waals surface area contributed by atoms with Gasteiger partial charge in [-0.3, -0.25) is 29.0 Å². The maximum Gasteiger partial charge on any atom is 0.265 e. The van der Waals surface area contributed by atoms with Gasteiger partial charge in [0.25, 0.3) is 11.8 Å². The van der Waals surface area contributed by atoms with E-state index in [1.165, 1.54) is 20.0 Å². The van der Waals surface area contributed by atoms with Gasteiger partial charge in [-0.25, -0.2) is 0 Å². The first kappa shape index (κ1) is 35.8. The van der Waals surface area contributed by atoms with Crippen LogP contribution >= 0.6 is 0 Å². The molecule has 6 rings (SSSR count). The van der Waals surface area contributed by atoms with Gasteiger partial charge in [0.2, 0.25) is 17.7 Å². The summed E-state index contributed by atoms with van der Waals surface area (Å²) in [7, 11) is 0. The van der Waals surface area contributed by atoms with Crippen molar-refractivity contribution in [1.82, 2.24) is 31.2 Å². The van der Waals surface area contributed by atoms with Crippen molar-refractivity contribution in [2.45, 2.75) is 62.9 Å². The highest BCUT2D eigenvalue weighted by Crippen LogP contribution is 2.31. The van der Waals surface area contributed by atoms with Gasteiger partial charge in [-0.05, 0) is 55.8 Å². The van der Waals surface area contributed by atoms with Crippen LogP contribution in [0, 0.1) is 0 Å². The van der Waals surface area contributed by atoms with Crippen molar-refractivity contribution in [3.63, 3.8) is 0 Å². The van der Waals surface area contributed by atoms with Crippen LogP contribution in [0.5, 0.6) is 11.5 Å². The first-order valence-electron chi connectivity index (χ1n) is 16.6. The SMILES string of the molecule is C[C@@H]1NC(=O)C([C@@H](C)O)NC(=O)C2(CCN(C(=O)c3cccnc3)CC2)Oc2ccc(cc2)OCCNC(=O)[C@H](Cc2ccccc2)NC1=O. The van der Waals surface area contributed by atoms with Gasteiger partial charge in [-0.2, -0.15) is 0 Å². The molecule has 0 aliphatic carbocycles. The number of hydrogen-bond donors (Lipinski definition) is 5. The molecule has 2 bridgehead atoms. The minimum atomic E-state index is -1.51. The van der Waals surface area contributed by atoms with E-state index < -0.39 is 53.5 Å². The van der Waals surface area contributed by atoms with Gasteiger partial charge in [0.15, 0.2) is 5.60 Å². The fourth-order valence-corrected chi connectivity index (χ4v) is 5.82. The van der Waals surface area contributed by atoms with Gasteiger partial charge in [0.05, 0.1) is 18.2 Å². The molecule has 2 aromatic carbocycles. The Hall–Kier alpha value is -5.50. The molecule has 5 amide bonds. The average Bonchev–Trinajstić information content (AvgIpc) is 3.12. The van der Waals surface area contributed by atoms with Crippen molar-refractivity contribution in [1.29, 1.82) is 0 Å². The first-order valence-corrected chi connectivity index (χ1v) is 16.6. The van der Waals surface area contributed by atoms with E-state index in [9.17, 15) is 29.1 Å². The topological polar surface area (TPSA) is 188 Å². The maximum atomic E-state index is 14.1. The van der Waals surface area contributed by atoms with Crippen LogP contribution in [0.2, 0.25) is 0 Å². The highest BCUT2D eigenvalue weighted by molar-refractivity contribution is 5.96. The Balaban J connectivity index is 1.39. The van der Waals surface area contributed by atoms with Gasteiger partial charge in [0, 0.05) is 44.7 Å². The van der Waals surface area contributed by atoms with Crippen LogP contribution in [0.25, 0.3) is 0 Å². The summed E-state index contributed by atoms with van der Waals surface area (Å²) in [6, 6.07) is 15.5. The molecule has 0 saturated carbocycles. The van der Waals surface area contributed by atoms with Crippen molar-refractivity contribution < 1.29 is 38.6 Å². The lowest BCUT2D eigenvalue weighted by molar-refractivity contribution is -0.145. The fraction of sp³-hybridized carbons (Fsp3) is 0.389. The summed E-state index contributed by atoms with van der Waals surface area (Å²) >= 11 is 0. The molecule has 1 aromatic heterocycles. The number of piperidine rings is 1. The standard InChI is InChI=1S/C36H42N6O8/c1-23-31(44)40-29(21-25-7-4-3-5-8-25)32(45)38-17-20-49-27-10-12-28(13-11-27)50-36(35(48)41-30(24(2)43)33(46)39-23)14-18-42(19-15-36)34(47)26-9-6-16-37-22-26/h3-13,16,22-24,29-30,43H,14-15,17-21H2,1-2H3,(H,38,45)(H,39,46)(H,40,44)(H,41,48)/t23-,24+,29-,30?/m0/s1. The van der Waals surface area contributed by atoms with E-state index in [4.69, 9.17) is 9.47 Å². The summed E-state index contributed by atoms with van der Waals surface area (Å²) in [6.45, 7) is 3.40. The van der Waals surface area contributed by atoms with E-state index >= 15 is 0 Å². The summed E-state index contributed by atoms with van der Waals surface area (Å²) < 4.78 is 12.2. The zero-order valence-electron chi connectivity index (χ0n) is 28.0. The van der Waals surface area contributed by atoms with Crippen LogP contribution in [-0.4, -0.2) is 101 Å². The number of aromatic nitrogens is 1. The monoisotopic (exact) mass is 686 g/mol. The Kier molecular flexibility index (Phi) is 11.6. The lowest BCUT2D eigenvalue weighted by Crippen LogP contribution is -2.63. The van der Waals surface area contributed by atoms with Gasteiger partial charge < -0.3 is 40.7 Å². The molecule has 14 heteroatoms. The molecule has 1 fully saturated rings. The summed E-state index contributed by atoms with van der Waals surface area (Å²) in [5, 5.41) is 21.3. The second-order valence-electron chi connectivity index (χ2n) is 12.4. The number of hydrogen-bond acceptors (Lipinski definition) is 9. The zero-order valence-corrected chi connectivity index (χ0v) is 28.0. The van der Waals surface area contributed by atoms with E-state index in [0.29, 0.717) is 17.1 Å². The molecule has 14 nitrogen and oxygen atoms in total. The predicted octanol–water partition coefficient (Wildman–Crippen LogP) is 0.742. The molecular formula is C36H42N6O8. The highest BCUT2D eigenvalue weighted by Gasteiger charge is 2.46. The number of rotatable bonds is 4. The number of ether oxygens (including phenoxy) is 2. The van der Waals surface area contributed by atoms with E-state index in [2.05, 4.69) is 26.3 Å². The molecule has 5 N–H and O–H groups in total. The van der Waals surface area contributed by atoms with Crippen molar-refractivity contribution >= 4 is 29.5 Å². The summed E-state index contributed by atoms with van der Waals surface area (Å²) in [5.41, 5.74) is -0.286. The molecule has 50 heavy (non-hydrogen) atoms. The van der Waals surface area contributed by atoms with Crippen LogP contribution in [0.4, 0.5) is 0 Å². The number of carbonyl (C=O) groups excluding carboxylic acids is 5. The average molecular weight is 687 g/mol. The number of benzene rings is 2. The molecule has 1 saturated heterocycles. The minimum Gasteiger partial charge on any atom is -0.492 e. The fourth-order valence-electron chi connectivity index (χ4n) is 5.82. The molecule has 4 atom stereocenters. The molecule has 4 heterocycles. The van der Waals surface area contributed by atoms with Gasteiger partial charge in [-0.15, -0.1) is 0 Å². The summed E-state index contributed by atoms with van der Waals surface area (Å²) in [4.78, 5) is 72.8. The lowest BCUT2D eigenvalue weighted by atomic mass is 9.89. The Labute approximate surface area is 289 Å². The van der Waals surface area contributed by atoms with Crippen LogP contribution in [0.1, 0.15) is 42.6 Å². The van der Waals surface area contributed by atoms with Gasteiger partial charge >= 0.3 is 0 Å². The molecule has 3 aliphatic rings. The third kappa shape index (κ3) is 8.94. The van der Waals surface area contributed by atoms with Crippen LogP contribution in [-0.2, 0) is 25.6 Å². The number of nitrogens with zero attached hydrogens (tertiary/aromatic N) is 2. The normalized spacial score (nSPS) is 22.5. The molecular weight excluding hydrogens is 644 g/mol. The van der Waals surface area contributed by atoms with Gasteiger partial charge in [-0.1, -0.05) is 30.3 Å². The van der Waals surface area contributed by atoms with Gasteiger partial charge in [0.1, 0.15) is 36.2 Å². The van der Waals surface area contributed by atoms with Crippen molar-refractivity contribution in [3.05, 3.63) is 90.3 Å². The molecule has 264 valence electrons. The largest absolute Gasteiger partial charge is 0.492 e. The quantitative estimate of drug-likeness (QED) is 0.247. The Bertz CT molecular complexity index is 1650. The second-order valence-corrected chi connectivity index (χ2v) is 12.4. The smallest absolute Gasteiger partial charge is 0.265 e. The Morgan fingerprint density at radius 2 is 1.62 bits per heavy atom. The molecule has 0 radical (unpaired) electrons. The number of pyridine rings is 1. The Morgan fingerprint density at radius 1 is 0.920 bits per heavy atom. The van der Waals surface area contributed by atoms with Crippen molar-refractivity contribution in [2.24, 2.45) is 0 Å². The van der Waals surface area contributed by atoms with E-state index in [0.717, 1.165) is 5.56 Å². The number of nitrogens with one attached hydrogen (secondary N) is 4. The molecule has 3 aliphatic heterocycles. The number of carbonyl (C=O) groups is 5. The number of fused-ring (bicyclic) bond motifs is 15. The number of aliphatic hydroxyl groups excluding tert-OH is 1. The third-order valence-corrected chi connectivity index (χ3v) is 8.71. The molecule has 1 unspecified atom stereocenters. The minimum absolute atomic E-state index is 0.0819. The molecule has 1 spiro atoms. The number of aliphatic hydroxyl groups is 1. The zero-order chi connectivity index (χ0) is 35.7. The predicted molar refractivity (Wildman–Crippen MR) is 181 cm³/mol. The number of likely N-dealkylation sites (tertiary alicyclic amines) is 1. The van der Waals surface area contributed by atoms with Crippen LogP contribution in [0.15, 0.2) is 79.1 Å². The lowest BCUT2D eigenvalue weighted by Gasteiger charge is -2.41. The second kappa shape index (κ2) is 16.3. The third-order valence-electron chi connectivity index (χ3n) is 8.71. The highest BCUT2D eigenvalue weighted by atomic mass is 16.5. The first-order chi connectivity index (χ1) is 24.0. The maximum absolute atomic E-state index is 14.1. The molecule has 3 aromatic rings. The van der Waals surface area contributed by atoms with Crippen LogP contribution < -0.4 is 30.7 Å². The summed E-state index contributed by atoms with van der Waals surface area (Å²) in [6.07, 6.45) is 2.05. The Morgan fingerprint density at radius 3 is 2.28 bits per heavy atom. The summed E-state index contributed by atoms with van der Waals surface area (Å²) in [5.74, 6) is -1.96. The van der Waals surface area contributed by atoms with Crippen molar-refractivity contribution in [2.75, 3.05) is 26.2 Å². The van der Waals surface area contributed by atoms with E-state index in [1.54, 1.807) is 47.5 Å². The number of amides is 5. The van der Waals surface area contributed by atoms with Crippen LogP contribution in [0.3, 0.4) is 0 Å². The van der Waals surface area contributed by atoms with E-state index in [-0.39, 0.29) is 51.4 Å². The van der Waals surface area contributed by atoms with Crippen molar-refractivity contribution in [3.8, 4) is 11.5 Å².